The first kappa shape index (κ1) is 18.4. The van der Waals surface area contributed by atoms with E-state index in [0.717, 1.165) is 19.3 Å². The molecule has 1 saturated heterocycles. The fourth-order valence-corrected chi connectivity index (χ4v) is 3.61. The highest BCUT2D eigenvalue weighted by Gasteiger charge is 2.32. The number of likely N-dealkylation sites (N-methyl/N-ethyl adjacent to an activating group) is 1. The van der Waals surface area contributed by atoms with E-state index >= 15 is 0 Å². The lowest BCUT2D eigenvalue weighted by Crippen LogP contribution is -2.51. The minimum Gasteiger partial charge on any atom is -0.368 e. The third-order valence-corrected chi connectivity index (χ3v) is 4.74. The summed E-state index contributed by atoms with van der Waals surface area (Å²) in [4.78, 5) is 28.1. The highest BCUT2D eigenvalue weighted by molar-refractivity contribution is 5.83. The molecule has 2 rings (SSSR count). The lowest BCUT2D eigenvalue weighted by atomic mass is 9.97. The Labute approximate surface area is 142 Å². The monoisotopic (exact) mass is 335 g/mol. The number of halogens is 1. The molecule has 1 aliphatic heterocycles. The zero-order chi connectivity index (χ0) is 17.9. The Hall–Kier alpha value is -1.95. The van der Waals surface area contributed by atoms with Gasteiger partial charge in [0.1, 0.15) is 11.9 Å². The highest BCUT2D eigenvalue weighted by atomic mass is 19.1. The molecule has 0 aliphatic carbocycles. The molecule has 5 nitrogen and oxygen atoms in total. The van der Waals surface area contributed by atoms with Crippen LogP contribution in [0.25, 0.3) is 0 Å². The molecular weight excluding hydrogens is 309 g/mol. The Balaban J connectivity index is 2.14. The summed E-state index contributed by atoms with van der Waals surface area (Å²) in [5.41, 5.74) is 5.96. The SMILES string of the molecule is C[C@@H]1CCC[C@@H](C)N1C(=O)CN(C)[C@H](C(N)=O)c1cccc(F)c1. The van der Waals surface area contributed by atoms with Crippen LogP contribution < -0.4 is 5.73 Å². The van der Waals surface area contributed by atoms with Crippen molar-refractivity contribution in [1.82, 2.24) is 9.80 Å². The molecular formula is C18H26FN3O2. The van der Waals surface area contributed by atoms with Gasteiger partial charge < -0.3 is 10.6 Å². The van der Waals surface area contributed by atoms with Crippen LogP contribution in [-0.2, 0) is 9.59 Å². The Bertz CT molecular complexity index is 598. The van der Waals surface area contributed by atoms with Crippen molar-refractivity contribution in [2.24, 2.45) is 5.73 Å². The zero-order valence-electron chi connectivity index (χ0n) is 14.5. The highest BCUT2D eigenvalue weighted by Crippen LogP contribution is 2.24. The van der Waals surface area contributed by atoms with Crippen LogP contribution in [-0.4, -0.2) is 47.3 Å². The van der Waals surface area contributed by atoms with Crippen LogP contribution in [0, 0.1) is 5.82 Å². The maximum absolute atomic E-state index is 13.5. The molecule has 6 heteroatoms. The lowest BCUT2D eigenvalue weighted by molar-refractivity contribution is -0.139. The van der Waals surface area contributed by atoms with E-state index in [-0.39, 0.29) is 24.5 Å². The van der Waals surface area contributed by atoms with Crippen molar-refractivity contribution < 1.29 is 14.0 Å². The summed E-state index contributed by atoms with van der Waals surface area (Å²) in [5.74, 6) is -1.06. The summed E-state index contributed by atoms with van der Waals surface area (Å²) in [7, 11) is 1.66. The molecule has 2 amide bonds. The van der Waals surface area contributed by atoms with E-state index in [1.165, 1.54) is 18.2 Å². The average molecular weight is 335 g/mol. The summed E-state index contributed by atoms with van der Waals surface area (Å²) < 4.78 is 13.5. The predicted molar refractivity (Wildman–Crippen MR) is 90.6 cm³/mol. The standard InChI is InChI=1S/C18H26FN3O2/c1-12-6-4-7-13(2)22(12)16(23)11-21(3)17(18(20)24)14-8-5-9-15(19)10-14/h5,8-10,12-13,17H,4,6-7,11H2,1-3H3,(H2,20,24)/t12-,13-,17+/m1/s1. The average Bonchev–Trinajstić information content (AvgIpc) is 2.46. The van der Waals surface area contributed by atoms with Gasteiger partial charge in [-0.2, -0.15) is 0 Å². The van der Waals surface area contributed by atoms with Gasteiger partial charge in [-0.15, -0.1) is 0 Å². The Morgan fingerprint density at radius 2 is 1.96 bits per heavy atom. The van der Waals surface area contributed by atoms with Gasteiger partial charge in [0.25, 0.3) is 0 Å². The topological polar surface area (TPSA) is 66.6 Å². The molecule has 0 saturated carbocycles. The van der Waals surface area contributed by atoms with E-state index < -0.39 is 17.8 Å². The van der Waals surface area contributed by atoms with Crippen LogP contribution in [0.1, 0.15) is 44.7 Å². The van der Waals surface area contributed by atoms with Gasteiger partial charge in [-0.05, 0) is 57.9 Å². The molecule has 24 heavy (non-hydrogen) atoms. The van der Waals surface area contributed by atoms with Gasteiger partial charge in [0.2, 0.25) is 11.8 Å². The van der Waals surface area contributed by atoms with E-state index in [2.05, 4.69) is 0 Å². The number of likely N-dealkylation sites (tertiary alicyclic amines) is 1. The number of piperidine rings is 1. The van der Waals surface area contributed by atoms with Gasteiger partial charge in [0.05, 0.1) is 6.54 Å². The van der Waals surface area contributed by atoms with Crippen molar-refractivity contribution in [1.29, 1.82) is 0 Å². The van der Waals surface area contributed by atoms with Crippen molar-refractivity contribution in [2.45, 2.75) is 51.2 Å². The number of nitrogens with zero attached hydrogens (tertiary/aromatic N) is 2. The van der Waals surface area contributed by atoms with Gasteiger partial charge in [0, 0.05) is 12.1 Å². The van der Waals surface area contributed by atoms with E-state index in [1.54, 1.807) is 18.0 Å². The number of rotatable bonds is 5. The van der Waals surface area contributed by atoms with Gasteiger partial charge in [-0.25, -0.2) is 4.39 Å². The van der Waals surface area contributed by atoms with Crippen molar-refractivity contribution in [3.8, 4) is 0 Å². The zero-order valence-corrected chi connectivity index (χ0v) is 14.5. The molecule has 0 spiro atoms. The Morgan fingerprint density at radius 1 is 1.33 bits per heavy atom. The van der Waals surface area contributed by atoms with Crippen molar-refractivity contribution in [3.05, 3.63) is 35.6 Å². The van der Waals surface area contributed by atoms with Crippen LogP contribution in [0.15, 0.2) is 24.3 Å². The van der Waals surface area contributed by atoms with Crippen LogP contribution in [0.4, 0.5) is 4.39 Å². The third kappa shape index (κ3) is 4.12. The molecule has 0 unspecified atom stereocenters. The Morgan fingerprint density at radius 3 is 2.50 bits per heavy atom. The molecule has 2 N–H and O–H groups in total. The number of nitrogens with two attached hydrogens (primary N) is 1. The molecule has 1 heterocycles. The second kappa shape index (κ2) is 7.75. The van der Waals surface area contributed by atoms with E-state index in [9.17, 15) is 14.0 Å². The fourth-order valence-electron chi connectivity index (χ4n) is 3.61. The van der Waals surface area contributed by atoms with Crippen LogP contribution >= 0.6 is 0 Å². The first-order valence-corrected chi connectivity index (χ1v) is 8.37. The van der Waals surface area contributed by atoms with Crippen LogP contribution in [0.2, 0.25) is 0 Å². The molecule has 0 radical (unpaired) electrons. The quantitative estimate of drug-likeness (QED) is 0.896. The number of carbonyl (C=O) groups excluding carboxylic acids is 2. The van der Waals surface area contributed by atoms with E-state index in [1.807, 2.05) is 18.7 Å². The predicted octanol–water partition coefficient (Wildman–Crippen LogP) is 2.07. The van der Waals surface area contributed by atoms with Crippen LogP contribution in [0.5, 0.6) is 0 Å². The molecule has 3 atom stereocenters. The summed E-state index contributed by atoms with van der Waals surface area (Å²) in [6, 6.07) is 5.31. The van der Waals surface area contributed by atoms with Crippen molar-refractivity contribution in [3.63, 3.8) is 0 Å². The largest absolute Gasteiger partial charge is 0.368 e. The van der Waals surface area contributed by atoms with Crippen molar-refractivity contribution in [2.75, 3.05) is 13.6 Å². The summed E-state index contributed by atoms with van der Waals surface area (Å²) >= 11 is 0. The molecule has 1 aromatic carbocycles. The second-order valence-electron chi connectivity index (χ2n) is 6.70. The lowest BCUT2D eigenvalue weighted by Gasteiger charge is -2.40. The molecule has 1 aromatic rings. The normalized spacial score (nSPS) is 22.5. The molecule has 1 aliphatic rings. The number of hydrogen-bond donors (Lipinski definition) is 1. The summed E-state index contributed by atoms with van der Waals surface area (Å²) in [5, 5.41) is 0. The first-order chi connectivity index (χ1) is 11.3. The maximum Gasteiger partial charge on any atom is 0.239 e. The smallest absolute Gasteiger partial charge is 0.239 e. The molecule has 1 fully saturated rings. The Kier molecular flexibility index (Phi) is 5.94. The number of hydrogen-bond acceptors (Lipinski definition) is 3. The van der Waals surface area contributed by atoms with Crippen molar-refractivity contribution >= 4 is 11.8 Å². The summed E-state index contributed by atoms with van der Waals surface area (Å²) in [6.07, 6.45) is 3.10. The number of amides is 2. The van der Waals surface area contributed by atoms with E-state index in [4.69, 9.17) is 5.73 Å². The fraction of sp³-hybridized carbons (Fsp3) is 0.556. The minimum atomic E-state index is -0.833. The molecule has 132 valence electrons. The van der Waals surface area contributed by atoms with Gasteiger partial charge in [0.15, 0.2) is 0 Å². The number of benzene rings is 1. The molecule has 0 bridgehead atoms. The third-order valence-electron chi connectivity index (χ3n) is 4.74. The summed E-state index contributed by atoms with van der Waals surface area (Å²) in [6.45, 7) is 4.16. The minimum absolute atomic E-state index is 0.0279. The van der Waals surface area contributed by atoms with Gasteiger partial charge in [-0.1, -0.05) is 12.1 Å². The van der Waals surface area contributed by atoms with Gasteiger partial charge >= 0.3 is 0 Å². The first-order valence-electron chi connectivity index (χ1n) is 8.37. The van der Waals surface area contributed by atoms with Crippen LogP contribution in [0.3, 0.4) is 0 Å². The van der Waals surface area contributed by atoms with Gasteiger partial charge in [-0.3, -0.25) is 14.5 Å². The molecule has 0 aromatic heterocycles. The number of carbonyl (C=O) groups is 2. The second-order valence-corrected chi connectivity index (χ2v) is 6.70. The maximum atomic E-state index is 13.5. The number of primary amides is 1. The van der Waals surface area contributed by atoms with E-state index in [0.29, 0.717) is 5.56 Å².